The highest BCUT2D eigenvalue weighted by atomic mass is 16.2. The molecule has 0 aromatic rings. The average molecular weight is 228 g/mol. The number of nitrogens with two attached hydrogens (primary N) is 1. The van der Waals surface area contributed by atoms with E-state index in [0.29, 0.717) is 19.5 Å². The third-order valence-electron chi connectivity index (χ3n) is 3.20. The van der Waals surface area contributed by atoms with Crippen molar-refractivity contribution in [3.8, 4) is 0 Å². The van der Waals surface area contributed by atoms with Crippen molar-refractivity contribution in [2.24, 2.45) is 11.8 Å². The van der Waals surface area contributed by atoms with Crippen molar-refractivity contribution in [2.45, 2.75) is 26.3 Å². The molecular weight excluding hydrogens is 208 g/mol. The highest BCUT2D eigenvalue weighted by Gasteiger charge is 2.26. The highest BCUT2D eigenvalue weighted by Crippen LogP contribution is 2.12. The SMILES string of the molecule is CC(C(=O)NN)C(C)N1CCNC(=O)CC1. The number of hydrogen-bond donors (Lipinski definition) is 3. The zero-order valence-corrected chi connectivity index (χ0v) is 9.82. The lowest BCUT2D eigenvalue weighted by atomic mass is 10.0. The predicted molar refractivity (Wildman–Crippen MR) is 60.2 cm³/mol. The van der Waals surface area contributed by atoms with Gasteiger partial charge in [0, 0.05) is 32.1 Å². The van der Waals surface area contributed by atoms with Crippen molar-refractivity contribution < 1.29 is 9.59 Å². The molecule has 2 amide bonds. The molecule has 0 aromatic heterocycles. The van der Waals surface area contributed by atoms with Crippen molar-refractivity contribution in [3.05, 3.63) is 0 Å². The van der Waals surface area contributed by atoms with E-state index in [4.69, 9.17) is 5.84 Å². The Morgan fingerprint density at radius 1 is 1.50 bits per heavy atom. The average Bonchev–Trinajstić information content (AvgIpc) is 2.51. The summed E-state index contributed by atoms with van der Waals surface area (Å²) in [6.07, 6.45) is 0.487. The Morgan fingerprint density at radius 3 is 2.81 bits per heavy atom. The van der Waals surface area contributed by atoms with Crippen LogP contribution in [-0.2, 0) is 9.59 Å². The largest absolute Gasteiger partial charge is 0.355 e. The van der Waals surface area contributed by atoms with E-state index >= 15 is 0 Å². The minimum absolute atomic E-state index is 0.0747. The van der Waals surface area contributed by atoms with Crippen molar-refractivity contribution in [2.75, 3.05) is 19.6 Å². The normalized spacial score (nSPS) is 21.8. The number of nitrogens with one attached hydrogen (secondary N) is 2. The second-order valence-electron chi connectivity index (χ2n) is 4.17. The standard InChI is InChI=1S/C10H20N4O2/c1-7(10(16)13-11)8(2)14-5-3-9(15)12-4-6-14/h7-8H,3-6,11H2,1-2H3,(H,12,15)(H,13,16). The second kappa shape index (κ2) is 5.81. The summed E-state index contributed by atoms with van der Waals surface area (Å²) in [4.78, 5) is 24.7. The molecule has 2 unspecified atom stereocenters. The van der Waals surface area contributed by atoms with E-state index in [1.165, 1.54) is 0 Å². The molecule has 0 radical (unpaired) electrons. The predicted octanol–water partition coefficient (Wildman–Crippen LogP) is -1.18. The Kier molecular flexibility index (Phi) is 4.70. The van der Waals surface area contributed by atoms with Gasteiger partial charge in [0.05, 0.1) is 5.92 Å². The van der Waals surface area contributed by atoms with Crippen LogP contribution in [0.25, 0.3) is 0 Å². The number of nitrogens with zero attached hydrogens (tertiary/aromatic N) is 1. The molecule has 92 valence electrons. The van der Waals surface area contributed by atoms with E-state index in [-0.39, 0.29) is 23.8 Å². The molecular formula is C10H20N4O2. The van der Waals surface area contributed by atoms with Crippen LogP contribution in [0.1, 0.15) is 20.3 Å². The van der Waals surface area contributed by atoms with Gasteiger partial charge >= 0.3 is 0 Å². The lowest BCUT2D eigenvalue weighted by Crippen LogP contribution is -2.47. The van der Waals surface area contributed by atoms with Gasteiger partial charge in [-0.15, -0.1) is 0 Å². The van der Waals surface area contributed by atoms with Crippen molar-refractivity contribution in [1.29, 1.82) is 0 Å². The molecule has 1 heterocycles. The van der Waals surface area contributed by atoms with E-state index in [9.17, 15) is 9.59 Å². The summed E-state index contributed by atoms with van der Waals surface area (Å²) in [5.41, 5.74) is 2.16. The summed E-state index contributed by atoms with van der Waals surface area (Å²) in [6, 6.07) is 0.0799. The molecule has 0 spiro atoms. The van der Waals surface area contributed by atoms with Gasteiger partial charge in [-0.25, -0.2) is 5.84 Å². The first-order valence-corrected chi connectivity index (χ1v) is 5.57. The number of hydrogen-bond acceptors (Lipinski definition) is 4. The summed E-state index contributed by atoms with van der Waals surface area (Å²) >= 11 is 0. The van der Waals surface area contributed by atoms with Gasteiger partial charge in [0.15, 0.2) is 0 Å². The Morgan fingerprint density at radius 2 is 2.19 bits per heavy atom. The Bertz CT molecular complexity index is 270. The molecule has 1 aliphatic rings. The number of rotatable bonds is 3. The zero-order valence-electron chi connectivity index (χ0n) is 9.82. The lowest BCUT2D eigenvalue weighted by molar-refractivity contribution is -0.126. The monoisotopic (exact) mass is 228 g/mol. The second-order valence-corrected chi connectivity index (χ2v) is 4.17. The van der Waals surface area contributed by atoms with Crippen LogP contribution in [0.5, 0.6) is 0 Å². The number of carbonyl (C=O) groups is 2. The van der Waals surface area contributed by atoms with Crippen LogP contribution in [0.4, 0.5) is 0 Å². The van der Waals surface area contributed by atoms with Crippen LogP contribution in [0, 0.1) is 5.92 Å². The lowest BCUT2D eigenvalue weighted by Gasteiger charge is -2.30. The van der Waals surface area contributed by atoms with E-state index in [2.05, 4.69) is 15.6 Å². The minimum Gasteiger partial charge on any atom is -0.355 e. The molecule has 0 aromatic carbocycles. The van der Waals surface area contributed by atoms with Crippen molar-refractivity contribution >= 4 is 11.8 Å². The van der Waals surface area contributed by atoms with Crippen molar-refractivity contribution in [3.63, 3.8) is 0 Å². The molecule has 1 rings (SSSR count). The maximum atomic E-state index is 11.4. The molecule has 1 saturated heterocycles. The minimum atomic E-state index is -0.182. The van der Waals surface area contributed by atoms with Gasteiger partial charge in [0.25, 0.3) is 0 Å². The van der Waals surface area contributed by atoms with Crippen LogP contribution in [-0.4, -0.2) is 42.4 Å². The summed E-state index contributed by atoms with van der Waals surface area (Å²) in [6.45, 7) is 5.92. The fourth-order valence-corrected chi connectivity index (χ4v) is 1.86. The van der Waals surface area contributed by atoms with Crippen molar-refractivity contribution in [1.82, 2.24) is 15.6 Å². The molecule has 4 N–H and O–H groups in total. The van der Waals surface area contributed by atoms with Crippen LogP contribution >= 0.6 is 0 Å². The smallest absolute Gasteiger partial charge is 0.238 e. The molecule has 16 heavy (non-hydrogen) atoms. The quantitative estimate of drug-likeness (QED) is 0.322. The highest BCUT2D eigenvalue weighted by molar-refractivity contribution is 5.78. The summed E-state index contributed by atoms with van der Waals surface area (Å²) < 4.78 is 0. The van der Waals surface area contributed by atoms with Crippen LogP contribution in [0.2, 0.25) is 0 Å². The van der Waals surface area contributed by atoms with Gasteiger partial charge in [-0.1, -0.05) is 6.92 Å². The Labute approximate surface area is 95.5 Å². The molecule has 6 nitrogen and oxygen atoms in total. The van der Waals surface area contributed by atoms with Gasteiger partial charge < -0.3 is 5.32 Å². The third-order valence-corrected chi connectivity index (χ3v) is 3.20. The first kappa shape index (κ1) is 12.9. The number of carbonyl (C=O) groups excluding carboxylic acids is 2. The maximum Gasteiger partial charge on any atom is 0.238 e. The van der Waals surface area contributed by atoms with Gasteiger partial charge in [0.1, 0.15) is 0 Å². The van der Waals surface area contributed by atoms with E-state index in [1.807, 2.05) is 13.8 Å². The summed E-state index contributed by atoms with van der Waals surface area (Å²) in [7, 11) is 0. The van der Waals surface area contributed by atoms with Crippen LogP contribution in [0.15, 0.2) is 0 Å². The molecule has 0 bridgehead atoms. The van der Waals surface area contributed by atoms with Gasteiger partial charge in [0.2, 0.25) is 11.8 Å². The zero-order chi connectivity index (χ0) is 12.1. The van der Waals surface area contributed by atoms with Gasteiger partial charge in [-0.3, -0.25) is 19.9 Å². The number of amides is 2. The first-order chi connectivity index (χ1) is 7.56. The maximum absolute atomic E-state index is 11.4. The summed E-state index contributed by atoms with van der Waals surface area (Å²) in [5, 5.41) is 2.81. The number of hydrazine groups is 1. The van der Waals surface area contributed by atoms with E-state index in [0.717, 1.165) is 6.54 Å². The van der Waals surface area contributed by atoms with Gasteiger partial charge in [-0.05, 0) is 6.92 Å². The van der Waals surface area contributed by atoms with E-state index < -0.39 is 0 Å². The molecule has 0 saturated carbocycles. The fraction of sp³-hybridized carbons (Fsp3) is 0.800. The molecule has 1 aliphatic heterocycles. The molecule has 1 fully saturated rings. The Hall–Kier alpha value is -1.14. The van der Waals surface area contributed by atoms with E-state index in [1.54, 1.807) is 0 Å². The van der Waals surface area contributed by atoms with Crippen LogP contribution < -0.4 is 16.6 Å². The summed E-state index contributed by atoms with van der Waals surface area (Å²) in [5.74, 6) is 4.83. The molecule has 6 heteroatoms. The van der Waals surface area contributed by atoms with Gasteiger partial charge in [-0.2, -0.15) is 0 Å². The Balaban J connectivity index is 2.55. The first-order valence-electron chi connectivity index (χ1n) is 5.57. The topological polar surface area (TPSA) is 87.5 Å². The fourth-order valence-electron chi connectivity index (χ4n) is 1.86. The third kappa shape index (κ3) is 3.18. The van der Waals surface area contributed by atoms with Crippen LogP contribution in [0.3, 0.4) is 0 Å². The molecule has 0 aliphatic carbocycles. The molecule has 2 atom stereocenters.